The molecule has 1 aliphatic heterocycles. The summed E-state index contributed by atoms with van der Waals surface area (Å²) in [4.78, 5) is 14.9. The maximum Gasteiger partial charge on any atom is 0.251 e. The van der Waals surface area contributed by atoms with E-state index in [4.69, 9.17) is 18.0 Å². The Hall–Kier alpha value is -0.730. The number of hydrogen-bond acceptors (Lipinski definition) is 3. The molecule has 0 aromatic heterocycles. The van der Waals surface area contributed by atoms with Crippen molar-refractivity contribution < 1.29 is 4.79 Å². The Kier molecular flexibility index (Phi) is 5.74. The van der Waals surface area contributed by atoms with Gasteiger partial charge in [0, 0.05) is 34.8 Å². The fourth-order valence-corrected chi connectivity index (χ4v) is 3.08. The number of carbonyl (C=O) groups excluding carboxylic acids is 1. The highest BCUT2D eigenvalue weighted by atomic mass is 127. The molecule has 2 rings (SSSR count). The third-order valence-corrected chi connectivity index (χ3v) is 4.19. The zero-order valence-corrected chi connectivity index (χ0v) is 14.1. The molecule has 1 saturated heterocycles. The minimum absolute atomic E-state index is 0.0105. The molecule has 0 radical (unpaired) electrons. The molecule has 0 atom stereocenters. The largest absolute Gasteiger partial charge is 0.392 e. The van der Waals surface area contributed by atoms with E-state index in [-0.39, 0.29) is 11.9 Å². The Balaban J connectivity index is 1.83. The average molecular weight is 403 g/mol. The molecule has 6 heteroatoms. The van der Waals surface area contributed by atoms with Gasteiger partial charge in [-0.15, -0.1) is 0 Å². The lowest BCUT2D eigenvalue weighted by Crippen LogP contribution is -2.46. The number of piperidine rings is 1. The predicted octanol–water partition coefficient (Wildman–Crippen LogP) is 1.77. The number of nitrogens with two attached hydrogens (primary N) is 1. The average Bonchev–Trinajstić information content (AvgIpc) is 2.40. The molecule has 1 fully saturated rings. The van der Waals surface area contributed by atoms with Crippen molar-refractivity contribution >= 4 is 45.7 Å². The van der Waals surface area contributed by atoms with E-state index in [1.165, 1.54) is 0 Å². The molecule has 1 aromatic rings. The molecule has 0 spiro atoms. The van der Waals surface area contributed by atoms with Crippen molar-refractivity contribution in [1.29, 1.82) is 0 Å². The van der Waals surface area contributed by atoms with Crippen molar-refractivity contribution in [2.75, 3.05) is 19.6 Å². The van der Waals surface area contributed by atoms with Gasteiger partial charge in [0.1, 0.15) is 0 Å². The summed E-state index contributed by atoms with van der Waals surface area (Å²) in [5.41, 5.74) is 6.27. The molecular formula is C14H18IN3OS. The van der Waals surface area contributed by atoms with Gasteiger partial charge in [-0.05, 0) is 53.6 Å². The SMILES string of the molecule is NC(=S)CN1CCC(NC(=O)c2cccc(I)c2)CC1. The van der Waals surface area contributed by atoms with Crippen LogP contribution in [0.25, 0.3) is 0 Å². The van der Waals surface area contributed by atoms with Crippen LogP contribution in [0.5, 0.6) is 0 Å². The molecule has 0 aliphatic carbocycles. The summed E-state index contributed by atoms with van der Waals surface area (Å²) >= 11 is 7.13. The van der Waals surface area contributed by atoms with E-state index < -0.39 is 0 Å². The van der Waals surface area contributed by atoms with Crippen LogP contribution in [-0.4, -0.2) is 41.5 Å². The van der Waals surface area contributed by atoms with Crippen LogP contribution in [0.2, 0.25) is 0 Å². The van der Waals surface area contributed by atoms with E-state index in [0.717, 1.165) is 35.1 Å². The molecule has 4 nitrogen and oxygen atoms in total. The fraction of sp³-hybridized carbons (Fsp3) is 0.429. The molecule has 0 unspecified atom stereocenters. The second kappa shape index (κ2) is 7.33. The van der Waals surface area contributed by atoms with Gasteiger partial charge in [-0.2, -0.15) is 0 Å². The number of nitrogens with zero attached hydrogens (tertiary/aromatic N) is 1. The van der Waals surface area contributed by atoms with E-state index in [0.29, 0.717) is 11.5 Å². The van der Waals surface area contributed by atoms with Gasteiger partial charge < -0.3 is 11.1 Å². The number of carbonyl (C=O) groups is 1. The maximum absolute atomic E-state index is 12.2. The van der Waals surface area contributed by atoms with Gasteiger partial charge in [-0.25, -0.2) is 0 Å². The molecule has 0 saturated carbocycles. The van der Waals surface area contributed by atoms with Crippen molar-refractivity contribution in [2.24, 2.45) is 5.73 Å². The smallest absolute Gasteiger partial charge is 0.251 e. The standard InChI is InChI=1S/C14H18IN3OS/c15-11-3-1-2-10(8-11)14(19)17-12-4-6-18(7-5-12)9-13(16)20/h1-3,8,12H,4-7,9H2,(H2,16,20)(H,17,19). The number of likely N-dealkylation sites (tertiary alicyclic amines) is 1. The number of benzene rings is 1. The lowest BCUT2D eigenvalue weighted by Gasteiger charge is -2.31. The van der Waals surface area contributed by atoms with E-state index in [1.807, 2.05) is 24.3 Å². The molecule has 1 aliphatic rings. The van der Waals surface area contributed by atoms with Gasteiger partial charge in [0.25, 0.3) is 5.91 Å². The normalized spacial score (nSPS) is 16.9. The van der Waals surface area contributed by atoms with Gasteiger partial charge in [0.2, 0.25) is 0 Å². The highest BCUT2D eigenvalue weighted by molar-refractivity contribution is 14.1. The third kappa shape index (κ3) is 4.68. The number of nitrogens with one attached hydrogen (secondary N) is 1. The number of thiocarbonyl (C=S) groups is 1. The molecule has 0 bridgehead atoms. The first-order valence-corrected chi connectivity index (χ1v) is 8.10. The summed E-state index contributed by atoms with van der Waals surface area (Å²) < 4.78 is 1.07. The Bertz CT molecular complexity index is 501. The van der Waals surface area contributed by atoms with E-state index >= 15 is 0 Å². The highest BCUT2D eigenvalue weighted by Crippen LogP contribution is 2.12. The second-order valence-corrected chi connectivity index (χ2v) is 6.77. The molecule has 1 aromatic carbocycles. The molecule has 20 heavy (non-hydrogen) atoms. The van der Waals surface area contributed by atoms with Crippen molar-refractivity contribution in [3.05, 3.63) is 33.4 Å². The van der Waals surface area contributed by atoms with Gasteiger partial charge >= 0.3 is 0 Å². The van der Waals surface area contributed by atoms with Crippen molar-refractivity contribution in [2.45, 2.75) is 18.9 Å². The zero-order chi connectivity index (χ0) is 14.5. The summed E-state index contributed by atoms with van der Waals surface area (Å²) in [5.74, 6) is 0.0105. The molecular weight excluding hydrogens is 385 g/mol. The lowest BCUT2D eigenvalue weighted by atomic mass is 10.0. The summed E-state index contributed by atoms with van der Waals surface area (Å²) in [6.45, 7) is 2.52. The fourth-order valence-electron chi connectivity index (χ4n) is 2.35. The van der Waals surface area contributed by atoms with Crippen molar-refractivity contribution in [3.8, 4) is 0 Å². The number of amides is 1. The topological polar surface area (TPSA) is 58.4 Å². The summed E-state index contributed by atoms with van der Waals surface area (Å²) in [6, 6.07) is 7.87. The number of halogens is 1. The summed E-state index contributed by atoms with van der Waals surface area (Å²) in [6.07, 6.45) is 1.89. The van der Waals surface area contributed by atoms with Crippen molar-refractivity contribution in [3.63, 3.8) is 0 Å². The van der Waals surface area contributed by atoms with Crippen LogP contribution in [-0.2, 0) is 0 Å². The molecule has 3 N–H and O–H groups in total. The second-order valence-electron chi connectivity index (χ2n) is 5.00. The lowest BCUT2D eigenvalue weighted by molar-refractivity contribution is 0.0915. The molecule has 1 amide bonds. The van der Waals surface area contributed by atoms with E-state index in [1.54, 1.807) is 0 Å². The summed E-state index contributed by atoms with van der Waals surface area (Å²) in [5, 5.41) is 3.10. The van der Waals surface area contributed by atoms with Crippen LogP contribution in [0.1, 0.15) is 23.2 Å². The van der Waals surface area contributed by atoms with Crippen LogP contribution >= 0.6 is 34.8 Å². The zero-order valence-electron chi connectivity index (χ0n) is 11.1. The Morgan fingerprint density at radius 3 is 2.75 bits per heavy atom. The van der Waals surface area contributed by atoms with Crippen LogP contribution in [0.15, 0.2) is 24.3 Å². The first-order valence-electron chi connectivity index (χ1n) is 6.61. The highest BCUT2D eigenvalue weighted by Gasteiger charge is 2.21. The van der Waals surface area contributed by atoms with Crippen LogP contribution in [0.3, 0.4) is 0 Å². The van der Waals surface area contributed by atoms with Gasteiger partial charge in [-0.1, -0.05) is 18.3 Å². The van der Waals surface area contributed by atoms with Crippen LogP contribution in [0, 0.1) is 3.57 Å². The first-order chi connectivity index (χ1) is 9.54. The first kappa shape index (κ1) is 15.7. The maximum atomic E-state index is 12.2. The van der Waals surface area contributed by atoms with Crippen molar-refractivity contribution in [1.82, 2.24) is 10.2 Å². The quantitative estimate of drug-likeness (QED) is 0.595. The Morgan fingerprint density at radius 2 is 2.15 bits per heavy atom. The summed E-state index contributed by atoms with van der Waals surface area (Å²) in [7, 11) is 0. The van der Waals surface area contributed by atoms with Gasteiger partial charge in [-0.3, -0.25) is 9.69 Å². The molecule has 108 valence electrons. The van der Waals surface area contributed by atoms with E-state index in [9.17, 15) is 4.79 Å². The predicted molar refractivity (Wildman–Crippen MR) is 92.9 cm³/mol. The number of rotatable bonds is 4. The third-order valence-electron chi connectivity index (χ3n) is 3.39. The Morgan fingerprint density at radius 1 is 1.45 bits per heavy atom. The Labute approximate surface area is 138 Å². The van der Waals surface area contributed by atoms with Gasteiger partial charge in [0.15, 0.2) is 0 Å². The van der Waals surface area contributed by atoms with Crippen LogP contribution in [0.4, 0.5) is 0 Å². The minimum Gasteiger partial charge on any atom is -0.392 e. The molecule has 1 heterocycles. The number of hydrogen-bond donors (Lipinski definition) is 2. The minimum atomic E-state index is 0.0105. The monoisotopic (exact) mass is 403 g/mol. The van der Waals surface area contributed by atoms with Gasteiger partial charge in [0.05, 0.1) is 4.99 Å². The van der Waals surface area contributed by atoms with E-state index in [2.05, 4.69) is 32.8 Å². The van der Waals surface area contributed by atoms with Crippen LogP contribution < -0.4 is 11.1 Å².